The number of carbonyl (C=O) groups excluding carboxylic acids is 2. The molecule has 0 aromatic heterocycles. The number of hydrogen-bond donors (Lipinski definition) is 0. The molecule has 0 N–H and O–H groups in total. The van der Waals surface area contributed by atoms with Crippen LogP contribution in [0.1, 0.15) is 55.7 Å². The molecule has 2 aliphatic carbocycles. The van der Waals surface area contributed by atoms with Crippen molar-refractivity contribution >= 4 is 11.9 Å². The van der Waals surface area contributed by atoms with Gasteiger partial charge in [0.2, 0.25) is 5.91 Å². The van der Waals surface area contributed by atoms with Crippen LogP contribution in [0.4, 0.5) is 0 Å². The average Bonchev–Trinajstić information content (AvgIpc) is 3.56. The first-order chi connectivity index (χ1) is 13.2. The molecule has 0 spiro atoms. The molecule has 3 aliphatic rings. The molecule has 146 valence electrons. The number of likely N-dealkylation sites (tertiary alicyclic amines) is 1. The molecule has 0 radical (unpaired) electrons. The van der Waals surface area contributed by atoms with Crippen molar-refractivity contribution in [1.82, 2.24) is 9.80 Å². The monoisotopic (exact) mass is 370 g/mol. The third kappa shape index (κ3) is 4.03. The van der Waals surface area contributed by atoms with Crippen molar-refractivity contribution in [3.8, 4) is 0 Å². The zero-order valence-electron chi connectivity index (χ0n) is 16.2. The summed E-state index contributed by atoms with van der Waals surface area (Å²) < 4.78 is 4.85. The molecule has 1 amide bonds. The fourth-order valence-electron chi connectivity index (χ4n) is 4.76. The van der Waals surface area contributed by atoms with E-state index in [1.807, 2.05) is 4.90 Å². The topological polar surface area (TPSA) is 49.9 Å². The molecule has 1 heterocycles. The van der Waals surface area contributed by atoms with Crippen LogP contribution in [-0.2, 0) is 20.7 Å². The van der Waals surface area contributed by atoms with Gasteiger partial charge in [-0.3, -0.25) is 14.5 Å². The minimum atomic E-state index is -0.138. The average molecular weight is 370 g/mol. The number of methoxy groups -OCH3 is 1. The third-order valence-electron chi connectivity index (χ3n) is 6.45. The van der Waals surface area contributed by atoms with Crippen LogP contribution in [0.5, 0.6) is 0 Å². The SMILES string of the molecule is COC(=O)C1CCN(C(=O)CN(C2CC2)C2CCCc3ccccc32)CC1. The smallest absolute Gasteiger partial charge is 0.308 e. The largest absolute Gasteiger partial charge is 0.469 e. The first kappa shape index (κ1) is 18.5. The van der Waals surface area contributed by atoms with Crippen molar-refractivity contribution < 1.29 is 14.3 Å². The molecule has 5 heteroatoms. The Hall–Kier alpha value is -1.88. The van der Waals surface area contributed by atoms with Gasteiger partial charge in [-0.2, -0.15) is 0 Å². The first-order valence-electron chi connectivity index (χ1n) is 10.4. The van der Waals surface area contributed by atoms with Gasteiger partial charge >= 0.3 is 5.97 Å². The predicted octanol–water partition coefficient (Wildman–Crippen LogP) is 2.94. The van der Waals surface area contributed by atoms with E-state index in [9.17, 15) is 9.59 Å². The second-order valence-corrected chi connectivity index (χ2v) is 8.19. The fraction of sp³-hybridized carbons (Fsp3) is 0.636. The summed E-state index contributed by atoms with van der Waals surface area (Å²) in [5, 5.41) is 0. The molecule has 1 saturated heterocycles. The summed E-state index contributed by atoms with van der Waals surface area (Å²) in [4.78, 5) is 29.1. The summed E-state index contributed by atoms with van der Waals surface area (Å²) in [5.41, 5.74) is 2.87. The maximum atomic E-state index is 13.0. The van der Waals surface area contributed by atoms with E-state index in [2.05, 4.69) is 29.2 Å². The summed E-state index contributed by atoms with van der Waals surface area (Å²) in [6, 6.07) is 9.67. The van der Waals surface area contributed by atoms with Gasteiger partial charge in [0.05, 0.1) is 19.6 Å². The van der Waals surface area contributed by atoms with E-state index in [0.717, 1.165) is 12.8 Å². The van der Waals surface area contributed by atoms with E-state index >= 15 is 0 Å². The van der Waals surface area contributed by atoms with Gasteiger partial charge in [-0.15, -0.1) is 0 Å². The minimum absolute atomic E-state index is 0.0520. The highest BCUT2D eigenvalue weighted by Gasteiger charge is 2.38. The van der Waals surface area contributed by atoms with Crippen LogP contribution in [0.15, 0.2) is 24.3 Å². The molecule has 1 aliphatic heterocycles. The van der Waals surface area contributed by atoms with E-state index in [1.54, 1.807) is 0 Å². The van der Waals surface area contributed by atoms with Crippen molar-refractivity contribution in [2.75, 3.05) is 26.7 Å². The zero-order valence-corrected chi connectivity index (χ0v) is 16.2. The Kier molecular flexibility index (Phi) is 5.48. The molecule has 5 nitrogen and oxygen atoms in total. The predicted molar refractivity (Wildman–Crippen MR) is 103 cm³/mol. The second-order valence-electron chi connectivity index (χ2n) is 8.19. The van der Waals surface area contributed by atoms with Crippen LogP contribution in [0.3, 0.4) is 0 Å². The highest BCUT2D eigenvalue weighted by molar-refractivity contribution is 5.79. The van der Waals surface area contributed by atoms with Gasteiger partial charge in [-0.1, -0.05) is 24.3 Å². The molecule has 1 aromatic carbocycles. The summed E-state index contributed by atoms with van der Waals surface area (Å²) in [6.07, 6.45) is 7.34. The van der Waals surface area contributed by atoms with Crippen molar-refractivity contribution in [3.05, 3.63) is 35.4 Å². The van der Waals surface area contributed by atoms with Crippen molar-refractivity contribution in [2.45, 2.75) is 57.0 Å². The number of benzene rings is 1. The molecule has 1 aromatic rings. The second kappa shape index (κ2) is 8.01. The van der Waals surface area contributed by atoms with E-state index in [0.29, 0.717) is 44.6 Å². The molecule has 1 saturated carbocycles. The van der Waals surface area contributed by atoms with Gasteiger partial charge in [-0.25, -0.2) is 0 Å². The first-order valence-corrected chi connectivity index (χ1v) is 10.4. The van der Waals surface area contributed by atoms with Crippen molar-refractivity contribution in [2.24, 2.45) is 5.92 Å². The van der Waals surface area contributed by atoms with Crippen LogP contribution in [0.25, 0.3) is 0 Å². The highest BCUT2D eigenvalue weighted by atomic mass is 16.5. The van der Waals surface area contributed by atoms with Gasteiger partial charge < -0.3 is 9.64 Å². The Bertz CT molecular complexity index is 693. The lowest BCUT2D eigenvalue weighted by Gasteiger charge is -2.38. The normalized spacial score (nSPS) is 23.2. The number of aryl methyl sites for hydroxylation is 1. The molecule has 0 bridgehead atoms. The van der Waals surface area contributed by atoms with Gasteiger partial charge in [0.25, 0.3) is 0 Å². The maximum Gasteiger partial charge on any atom is 0.308 e. The van der Waals surface area contributed by atoms with Gasteiger partial charge in [0.1, 0.15) is 0 Å². The minimum Gasteiger partial charge on any atom is -0.469 e. The lowest BCUT2D eigenvalue weighted by Crippen LogP contribution is -2.47. The lowest BCUT2D eigenvalue weighted by atomic mass is 9.86. The van der Waals surface area contributed by atoms with Gasteiger partial charge in [-0.05, 0) is 56.1 Å². The van der Waals surface area contributed by atoms with E-state index in [1.165, 1.54) is 37.5 Å². The number of fused-ring (bicyclic) bond motifs is 1. The third-order valence-corrected chi connectivity index (χ3v) is 6.45. The molecular weight excluding hydrogens is 340 g/mol. The standard InChI is InChI=1S/C22H30N2O3/c1-27-22(26)17-11-13-23(14-12-17)21(25)15-24(18-9-10-18)20-8-4-6-16-5-2-3-7-19(16)20/h2-3,5,7,17-18,20H,4,6,8-15H2,1H3. The number of rotatable bonds is 5. The Morgan fingerprint density at radius 2 is 1.85 bits per heavy atom. The summed E-state index contributed by atoms with van der Waals surface area (Å²) in [7, 11) is 1.44. The number of ether oxygens (including phenoxy) is 1. The summed E-state index contributed by atoms with van der Waals surface area (Å²) in [6.45, 7) is 1.84. The number of nitrogens with zero attached hydrogens (tertiary/aromatic N) is 2. The number of hydrogen-bond acceptors (Lipinski definition) is 4. The number of amides is 1. The summed E-state index contributed by atoms with van der Waals surface area (Å²) >= 11 is 0. The molecule has 1 atom stereocenters. The van der Waals surface area contributed by atoms with Gasteiger partial charge in [0, 0.05) is 25.2 Å². The fourth-order valence-corrected chi connectivity index (χ4v) is 4.76. The van der Waals surface area contributed by atoms with Crippen LogP contribution < -0.4 is 0 Å². The zero-order chi connectivity index (χ0) is 18.8. The Morgan fingerprint density at radius 1 is 1.11 bits per heavy atom. The number of piperidine rings is 1. The molecule has 2 fully saturated rings. The van der Waals surface area contributed by atoms with Crippen molar-refractivity contribution in [3.63, 3.8) is 0 Å². The van der Waals surface area contributed by atoms with Crippen LogP contribution in [0, 0.1) is 5.92 Å². The van der Waals surface area contributed by atoms with E-state index < -0.39 is 0 Å². The van der Waals surface area contributed by atoms with E-state index in [4.69, 9.17) is 4.74 Å². The van der Waals surface area contributed by atoms with Crippen molar-refractivity contribution in [1.29, 1.82) is 0 Å². The van der Waals surface area contributed by atoms with Crippen LogP contribution in [-0.4, -0.2) is 54.5 Å². The Labute approximate surface area is 161 Å². The highest BCUT2D eigenvalue weighted by Crippen LogP contribution is 2.40. The summed E-state index contributed by atoms with van der Waals surface area (Å²) in [5.74, 6) is 0.0256. The Balaban J connectivity index is 1.41. The molecule has 1 unspecified atom stereocenters. The molecule has 4 rings (SSSR count). The van der Waals surface area contributed by atoms with E-state index in [-0.39, 0.29) is 17.8 Å². The Morgan fingerprint density at radius 3 is 2.56 bits per heavy atom. The maximum absolute atomic E-state index is 13.0. The number of carbonyl (C=O) groups is 2. The molecular formula is C22H30N2O3. The van der Waals surface area contributed by atoms with Crippen LogP contribution >= 0.6 is 0 Å². The van der Waals surface area contributed by atoms with Crippen LogP contribution in [0.2, 0.25) is 0 Å². The number of esters is 1. The quantitative estimate of drug-likeness (QED) is 0.748. The lowest BCUT2D eigenvalue weighted by molar-refractivity contribution is -0.149. The van der Waals surface area contributed by atoms with Gasteiger partial charge in [0.15, 0.2) is 0 Å². The molecule has 27 heavy (non-hydrogen) atoms.